The minimum absolute atomic E-state index is 0. The van der Waals surface area contributed by atoms with Crippen molar-refractivity contribution >= 4 is 12.4 Å². The summed E-state index contributed by atoms with van der Waals surface area (Å²) in [5.41, 5.74) is -0.455. The third kappa shape index (κ3) is 5.82. The van der Waals surface area contributed by atoms with Crippen LogP contribution in [0.5, 0.6) is 0 Å². The van der Waals surface area contributed by atoms with E-state index in [4.69, 9.17) is 0 Å². The van der Waals surface area contributed by atoms with Gasteiger partial charge in [-0.25, -0.2) is 0 Å². The molecule has 0 atom stereocenters. The summed E-state index contributed by atoms with van der Waals surface area (Å²) in [5.74, 6) is 0. The van der Waals surface area contributed by atoms with Crippen molar-refractivity contribution in [3.63, 3.8) is 0 Å². The Balaban J connectivity index is 0.00000324. The van der Waals surface area contributed by atoms with Gasteiger partial charge in [-0.05, 0) is 13.0 Å². The van der Waals surface area contributed by atoms with Gasteiger partial charge in [-0.2, -0.15) is 18.3 Å². The molecule has 1 aromatic rings. The van der Waals surface area contributed by atoms with Gasteiger partial charge in [0.25, 0.3) is 0 Å². The molecule has 0 bridgehead atoms. The molecule has 19 heavy (non-hydrogen) atoms. The second kappa shape index (κ2) is 8.43. The zero-order valence-corrected chi connectivity index (χ0v) is 12.1. The van der Waals surface area contributed by atoms with Gasteiger partial charge >= 0.3 is 6.18 Å². The highest BCUT2D eigenvalue weighted by atomic mass is 35.5. The summed E-state index contributed by atoms with van der Waals surface area (Å²) < 4.78 is 39.1. The largest absolute Gasteiger partial charge is 0.433 e. The summed E-state index contributed by atoms with van der Waals surface area (Å²) in [6.45, 7) is 3.08. The molecule has 1 heterocycles. The number of aromatic nitrogens is 2. The number of rotatable bonds is 7. The standard InChI is InChI=1S/C12H20F3N3.ClH/c1-3-4-5-6-7-16-8-10-9-17-18(2)11(10)12(13,14)15;/h9,16H,3-8H2,1-2H3;1H. The van der Waals surface area contributed by atoms with Crippen LogP contribution in [0.3, 0.4) is 0 Å². The fourth-order valence-electron chi connectivity index (χ4n) is 1.88. The number of unbranched alkanes of at least 4 members (excludes halogenated alkanes) is 3. The van der Waals surface area contributed by atoms with Gasteiger partial charge in [0.2, 0.25) is 0 Å². The molecule has 3 nitrogen and oxygen atoms in total. The predicted octanol–water partition coefficient (Wildman–Crippen LogP) is 3.53. The van der Waals surface area contributed by atoms with Crippen LogP contribution in [0.4, 0.5) is 13.2 Å². The van der Waals surface area contributed by atoms with Crippen LogP contribution in [0, 0.1) is 0 Å². The monoisotopic (exact) mass is 299 g/mol. The third-order valence-electron chi connectivity index (χ3n) is 2.81. The summed E-state index contributed by atoms with van der Waals surface area (Å²) >= 11 is 0. The van der Waals surface area contributed by atoms with Crippen molar-refractivity contribution in [2.24, 2.45) is 7.05 Å². The minimum Gasteiger partial charge on any atom is -0.313 e. The lowest BCUT2D eigenvalue weighted by Gasteiger charge is -2.10. The van der Waals surface area contributed by atoms with E-state index in [1.165, 1.54) is 19.7 Å². The second-order valence-electron chi connectivity index (χ2n) is 4.38. The fraction of sp³-hybridized carbons (Fsp3) is 0.750. The predicted molar refractivity (Wildman–Crippen MR) is 71.3 cm³/mol. The van der Waals surface area contributed by atoms with Crippen LogP contribution >= 0.6 is 12.4 Å². The number of hydrogen-bond acceptors (Lipinski definition) is 2. The van der Waals surface area contributed by atoms with Crippen LogP contribution in [0.1, 0.15) is 43.9 Å². The Labute approximate surface area is 118 Å². The number of halogens is 4. The first kappa shape index (κ1) is 18.2. The van der Waals surface area contributed by atoms with E-state index in [0.29, 0.717) is 0 Å². The van der Waals surface area contributed by atoms with Crippen molar-refractivity contribution in [2.75, 3.05) is 6.54 Å². The molecule has 1 rings (SSSR count). The smallest absolute Gasteiger partial charge is 0.313 e. The van der Waals surface area contributed by atoms with Gasteiger partial charge in [0.15, 0.2) is 0 Å². The van der Waals surface area contributed by atoms with E-state index in [1.807, 2.05) is 0 Å². The Morgan fingerprint density at radius 3 is 2.53 bits per heavy atom. The molecule has 0 aliphatic carbocycles. The van der Waals surface area contributed by atoms with E-state index in [1.54, 1.807) is 0 Å². The maximum atomic E-state index is 12.7. The Hall–Kier alpha value is -0.750. The van der Waals surface area contributed by atoms with Crippen molar-refractivity contribution in [2.45, 2.75) is 45.3 Å². The molecule has 0 aromatic carbocycles. The van der Waals surface area contributed by atoms with Crippen LogP contribution in [0.25, 0.3) is 0 Å². The lowest BCUT2D eigenvalue weighted by atomic mass is 10.2. The highest BCUT2D eigenvalue weighted by molar-refractivity contribution is 5.85. The van der Waals surface area contributed by atoms with Crippen molar-refractivity contribution in [1.82, 2.24) is 15.1 Å². The Morgan fingerprint density at radius 2 is 1.95 bits per heavy atom. The summed E-state index contributed by atoms with van der Waals surface area (Å²) in [7, 11) is 1.31. The molecular weight excluding hydrogens is 279 g/mol. The van der Waals surface area contributed by atoms with E-state index >= 15 is 0 Å². The Bertz CT molecular complexity index is 364. The molecule has 0 aliphatic rings. The van der Waals surface area contributed by atoms with Crippen LogP contribution in [0.15, 0.2) is 6.20 Å². The maximum absolute atomic E-state index is 12.7. The molecule has 0 saturated carbocycles. The first-order chi connectivity index (χ1) is 8.46. The zero-order valence-electron chi connectivity index (χ0n) is 11.3. The van der Waals surface area contributed by atoms with E-state index in [0.717, 1.165) is 30.5 Å². The Morgan fingerprint density at radius 1 is 1.26 bits per heavy atom. The molecule has 0 saturated heterocycles. The van der Waals surface area contributed by atoms with Crippen molar-refractivity contribution in [3.8, 4) is 0 Å². The van der Waals surface area contributed by atoms with Crippen LogP contribution < -0.4 is 5.32 Å². The second-order valence-corrected chi connectivity index (χ2v) is 4.38. The van der Waals surface area contributed by atoms with E-state index in [9.17, 15) is 13.2 Å². The van der Waals surface area contributed by atoms with Gasteiger partial charge in [0.1, 0.15) is 5.69 Å². The Kier molecular flexibility index (Phi) is 8.09. The van der Waals surface area contributed by atoms with Crippen molar-refractivity contribution in [1.29, 1.82) is 0 Å². The quantitative estimate of drug-likeness (QED) is 0.781. The number of hydrogen-bond donors (Lipinski definition) is 1. The molecule has 0 unspecified atom stereocenters. The van der Waals surface area contributed by atoms with Crippen LogP contribution in [0.2, 0.25) is 0 Å². The minimum atomic E-state index is -4.34. The maximum Gasteiger partial charge on any atom is 0.433 e. The molecule has 112 valence electrons. The lowest BCUT2D eigenvalue weighted by Crippen LogP contribution is -2.19. The van der Waals surface area contributed by atoms with Crippen molar-refractivity contribution in [3.05, 3.63) is 17.5 Å². The number of nitrogens with zero attached hydrogens (tertiary/aromatic N) is 2. The number of aryl methyl sites for hydroxylation is 1. The highest BCUT2D eigenvalue weighted by Gasteiger charge is 2.36. The summed E-state index contributed by atoms with van der Waals surface area (Å²) in [5, 5.41) is 6.70. The van der Waals surface area contributed by atoms with E-state index < -0.39 is 11.9 Å². The summed E-state index contributed by atoms with van der Waals surface area (Å²) in [4.78, 5) is 0. The molecule has 1 aromatic heterocycles. The molecule has 0 amide bonds. The lowest BCUT2D eigenvalue weighted by molar-refractivity contribution is -0.144. The summed E-state index contributed by atoms with van der Waals surface area (Å²) in [6.07, 6.45) is 1.37. The third-order valence-corrected chi connectivity index (χ3v) is 2.81. The number of alkyl halides is 3. The number of nitrogens with one attached hydrogen (secondary N) is 1. The van der Waals surface area contributed by atoms with Gasteiger partial charge in [-0.1, -0.05) is 26.2 Å². The fourth-order valence-corrected chi connectivity index (χ4v) is 1.88. The molecule has 0 spiro atoms. The first-order valence-corrected chi connectivity index (χ1v) is 6.25. The molecule has 0 radical (unpaired) electrons. The van der Waals surface area contributed by atoms with Crippen molar-refractivity contribution < 1.29 is 13.2 Å². The summed E-state index contributed by atoms with van der Waals surface area (Å²) in [6, 6.07) is 0. The first-order valence-electron chi connectivity index (χ1n) is 6.25. The van der Waals surface area contributed by atoms with Crippen LogP contribution in [-0.4, -0.2) is 16.3 Å². The van der Waals surface area contributed by atoms with E-state index in [2.05, 4.69) is 17.3 Å². The SMILES string of the molecule is CCCCCCNCc1cnn(C)c1C(F)(F)F.Cl. The molecule has 0 aliphatic heterocycles. The molecule has 7 heteroatoms. The molecule has 0 fully saturated rings. The van der Waals surface area contributed by atoms with Gasteiger partial charge in [0.05, 0.1) is 6.20 Å². The van der Waals surface area contributed by atoms with Gasteiger partial charge in [-0.15, -0.1) is 12.4 Å². The molecular formula is C12H21ClF3N3. The van der Waals surface area contributed by atoms with Gasteiger partial charge in [-0.3, -0.25) is 4.68 Å². The topological polar surface area (TPSA) is 29.9 Å². The molecule has 1 N–H and O–H groups in total. The van der Waals surface area contributed by atoms with Gasteiger partial charge in [0, 0.05) is 19.2 Å². The van der Waals surface area contributed by atoms with Gasteiger partial charge < -0.3 is 5.32 Å². The average molecular weight is 300 g/mol. The zero-order chi connectivity index (χ0) is 13.6. The average Bonchev–Trinajstić information content (AvgIpc) is 2.64. The normalized spacial score (nSPS) is 11.4. The van der Waals surface area contributed by atoms with E-state index in [-0.39, 0.29) is 24.5 Å². The highest BCUT2D eigenvalue weighted by Crippen LogP contribution is 2.31. The van der Waals surface area contributed by atoms with Crippen LogP contribution in [-0.2, 0) is 19.8 Å².